The maximum absolute atomic E-state index is 12.7. The number of benzene rings is 3. The molecule has 2 heterocycles. The predicted octanol–water partition coefficient (Wildman–Crippen LogP) is 3.99. The van der Waals surface area contributed by atoms with E-state index in [2.05, 4.69) is 50.4 Å². The molecule has 8 heteroatoms. The van der Waals surface area contributed by atoms with Gasteiger partial charge >= 0.3 is 0 Å². The quantitative estimate of drug-likeness (QED) is 0.349. The first-order valence-electron chi connectivity index (χ1n) is 12.8. The second kappa shape index (κ2) is 11.6. The van der Waals surface area contributed by atoms with Crippen LogP contribution < -0.4 is 10.1 Å². The van der Waals surface area contributed by atoms with Crippen molar-refractivity contribution in [1.82, 2.24) is 20.1 Å². The van der Waals surface area contributed by atoms with Crippen LogP contribution in [0.5, 0.6) is 5.75 Å². The minimum atomic E-state index is -0.578. The molecule has 7 nitrogen and oxygen atoms in total. The van der Waals surface area contributed by atoms with Gasteiger partial charge in [0.2, 0.25) is 5.91 Å². The summed E-state index contributed by atoms with van der Waals surface area (Å²) in [6, 6.07) is 20.4. The van der Waals surface area contributed by atoms with Crippen molar-refractivity contribution in [3.63, 3.8) is 0 Å². The summed E-state index contributed by atoms with van der Waals surface area (Å²) in [7, 11) is 0. The minimum absolute atomic E-state index is 0.0369. The normalized spacial score (nSPS) is 16.6. The lowest BCUT2D eigenvalue weighted by atomic mass is 10.0. The summed E-state index contributed by atoms with van der Waals surface area (Å²) in [6.07, 6.45) is -0.578. The number of thiazole rings is 1. The molecule has 1 aliphatic heterocycles. The van der Waals surface area contributed by atoms with Crippen LogP contribution in [0.3, 0.4) is 0 Å². The highest BCUT2D eigenvalue weighted by Crippen LogP contribution is 2.25. The van der Waals surface area contributed by atoms with E-state index in [9.17, 15) is 9.90 Å². The summed E-state index contributed by atoms with van der Waals surface area (Å²) in [6.45, 7) is 8.42. The van der Waals surface area contributed by atoms with Gasteiger partial charge in [-0.15, -0.1) is 11.3 Å². The Hall–Kier alpha value is -3.04. The summed E-state index contributed by atoms with van der Waals surface area (Å²) in [5, 5.41) is 17.1. The number of rotatable bonds is 9. The zero-order chi connectivity index (χ0) is 25.8. The highest BCUT2D eigenvalue weighted by atomic mass is 32.1. The van der Waals surface area contributed by atoms with Crippen molar-refractivity contribution in [3.8, 4) is 5.75 Å². The van der Waals surface area contributed by atoms with Crippen LogP contribution in [0, 0.1) is 6.92 Å². The fraction of sp³-hybridized carbons (Fsp3) is 0.379. The summed E-state index contributed by atoms with van der Waals surface area (Å²) in [5.41, 5.74) is 2.04. The zero-order valence-corrected chi connectivity index (χ0v) is 22.2. The van der Waals surface area contributed by atoms with Crippen LogP contribution in [0.2, 0.25) is 0 Å². The number of amides is 1. The molecule has 1 amide bonds. The largest absolute Gasteiger partial charge is 0.491 e. The van der Waals surface area contributed by atoms with E-state index >= 15 is 0 Å². The molecule has 0 radical (unpaired) electrons. The van der Waals surface area contributed by atoms with Crippen LogP contribution in [0.25, 0.3) is 21.0 Å². The Morgan fingerprint density at radius 2 is 1.81 bits per heavy atom. The van der Waals surface area contributed by atoms with Crippen LogP contribution in [-0.4, -0.2) is 77.8 Å². The number of carbonyl (C=O) groups excluding carboxylic acids is 1. The van der Waals surface area contributed by atoms with E-state index in [1.54, 1.807) is 11.3 Å². The Kier molecular flexibility index (Phi) is 8.00. The van der Waals surface area contributed by atoms with Crippen molar-refractivity contribution in [2.45, 2.75) is 26.0 Å². The van der Waals surface area contributed by atoms with Crippen molar-refractivity contribution in [1.29, 1.82) is 0 Å². The fourth-order valence-corrected chi connectivity index (χ4v) is 5.64. The van der Waals surface area contributed by atoms with Gasteiger partial charge in [0.1, 0.15) is 18.5 Å². The average Bonchev–Trinajstić information content (AvgIpc) is 3.27. The molecule has 1 aromatic heterocycles. The summed E-state index contributed by atoms with van der Waals surface area (Å²) in [5.74, 6) is 0.764. The van der Waals surface area contributed by atoms with E-state index in [1.807, 2.05) is 44.2 Å². The number of aliphatic hydroxyl groups is 1. The van der Waals surface area contributed by atoms with Crippen molar-refractivity contribution in [2.24, 2.45) is 0 Å². The van der Waals surface area contributed by atoms with Crippen molar-refractivity contribution >= 4 is 38.2 Å². The van der Waals surface area contributed by atoms with Crippen LogP contribution >= 0.6 is 11.3 Å². The fourth-order valence-electron chi connectivity index (χ4n) is 4.84. The van der Waals surface area contributed by atoms with Crippen molar-refractivity contribution in [3.05, 3.63) is 71.2 Å². The number of carbonyl (C=O) groups is 1. The molecule has 2 atom stereocenters. The maximum atomic E-state index is 12.7. The highest BCUT2D eigenvalue weighted by Gasteiger charge is 2.22. The monoisotopic (exact) mass is 518 g/mol. The van der Waals surface area contributed by atoms with E-state index in [1.165, 1.54) is 10.8 Å². The Bertz CT molecular complexity index is 1370. The molecule has 4 aromatic rings. The number of piperazine rings is 1. The highest BCUT2D eigenvalue weighted by molar-refractivity contribution is 7.18. The molecule has 0 aliphatic carbocycles. The zero-order valence-electron chi connectivity index (χ0n) is 21.4. The SMILES string of the molecule is Cc1nc2cc(OC[C@H](O)CN3CCN(CC(=O)N[C@@H](C)c4ccc5ccccc5c4)CC3)ccc2s1. The minimum Gasteiger partial charge on any atom is -0.491 e. The summed E-state index contributed by atoms with van der Waals surface area (Å²) >= 11 is 1.66. The van der Waals surface area contributed by atoms with Gasteiger partial charge in [-0.05, 0) is 48.4 Å². The number of nitrogens with zero attached hydrogens (tertiary/aromatic N) is 3. The lowest BCUT2D eigenvalue weighted by Crippen LogP contribution is -2.51. The van der Waals surface area contributed by atoms with Crippen LogP contribution in [0.15, 0.2) is 60.7 Å². The average molecular weight is 519 g/mol. The molecular weight excluding hydrogens is 484 g/mol. The molecule has 1 saturated heterocycles. The molecule has 1 fully saturated rings. The Balaban J connectivity index is 1.02. The Morgan fingerprint density at radius 1 is 1.05 bits per heavy atom. The number of aryl methyl sites for hydroxylation is 1. The number of aliphatic hydroxyl groups excluding tert-OH is 1. The van der Waals surface area contributed by atoms with Gasteiger partial charge in [0.15, 0.2) is 0 Å². The standard InChI is InChI=1S/C29H34N4O3S/c1-20(23-8-7-22-5-3-4-6-24(22)15-23)30-29(35)18-33-13-11-32(12-14-33)17-25(34)19-36-26-9-10-28-27(16-26)31-21(2)37-28/h3-10,15-16,20,25,34H,11-14,17-19H2,1-2H3,(H,30,35)/t20-,25+/m0/s1. The molecule has 5 rings (SSSR count). The summed E-state index contributed by atoms with van der Waals surface area (Å²) < 4.78 is 6.96. The van der Waals surface area contributed by atoms with Gasteiger partial charge in [-0.3, -0.25) is 14.6 Å². The first-order chi connectivity index (χ1) is 17.9. The van der Waals surface area contributed by atoms with Crippen molar-refractivity contribution < 1.29 is 14.6 Å². The third-order valence-corrected chi connectivity index (χ3v) is 7.81. The maximum Gasteiger partial charge on any atom is 0.234 e. The number of hydrogen-bond donors (Lipinski definition) is 2. The molecule has 0 spiro atoms. The van der Waals surface area contributed by atoms with Crippen LogP contribution in [0.1, 0.15) is 23.5 Å². The topological polar surface area (TPSA) is 77.9 Å². The van der Waals surface area contributed by atoms with E-state index in [0.717, 1.165) is 52.7 Å². The third-order valence-electron chi connectivity index (χ3n) is 6.86. The van der Waals surface area contributed by atoms with E-state index in [4.69, 9.17) is 4.74 Å². The molecule has 3 aromatic carbocycles. The first-order valence-corrected chi connectivity index (χ1v) is 13.7. The van der Waals surface area contributed by atoms with Gasteiger partial charge in [-0.2, -0.15) is 0 Å². The molecule has 37 heavy (non-hydrogen) atoms. The molecule has 0 saturated carbocycles. The smallest absolute Gasteiger partial charge is 0.234 e. The number of fused-ring (bicyclic) bond motifs is 2. The van der Waals surface area contributed by atoms with Gasteiger partial charge in [0.25, 0.3) is 0 Å². The first kappa shape index (κ1) is 25.6. The predicted molar refractivity (Wildman–Crippen MR) is 149 cm³/mol. The van der Waals surface area contributed by atoms with Gasteiger partial charge < -0.3 is 15.2 Å². The number of aromatic nitrogens is 1. The molecule has 1 aliphatic rings. The molecular formula is C29H34N4O3S. The van der Waals surface area contributed by atoms with Gasteiger partial charge in [0, 0.05) is 38.8 Å². The Labute approximate surface area is 221 Å². The lowest BCUT2D eigenvalue weighted by molar-refractivity contribution is -0.123. The molecule has 0 unspecified atom stereocenters. The molecule has 0 bridgehead atoms. The van der Waals surface area contributed by atoms with Gasteiger partial charge in [-0.25, -0.2) is 4.98 Å². The van der Waals surface area contributed by atoms with Crippen LogP contribution in [-0.2, 0) is 4.79 Å². The summed E-state index contributed by atoms with van der Waals surface area (Å²) in [4.78, 5) is 21.6. The van der Waals surface area contributed by atoms with Crippen LogP contribution in [0.4, 0.5) is 0 Å². The van der Waals surface area contributed by atoms with Gasteiger partial charge in [0.05, 0.1) is 27.8 Å². The second-order valence-electron chi connectivity index (χ2n) is 9.80. The second-order valence-corrected chi connectivity index (χ2v) is 11.0. The molecule has 194 valence electrons. The molecule has 2 N–H and O–H groups in total. The van der Waals surface area contributed by atoms with E-state index < -0.39 is 6.10 Å². The number of nitrogens with one attached hydrogen (secondary N) is 1. The van der Waals surface area contributed by atoms with E-state index in [0.29, 0.717) is 13.1 Å². The number of β-amino-alcohol motifs (C(OH)–C–C–N with tert-alkyl or cyclic N) is 1. The Morgan fingerprint density at radius 3 is 2.62 bits per heavy atom. The lowest BCUT2D eigenvalue weighted by Gasteiger charge is -2.35. The van der Waals surface area contributed by atoms with Gasteiger partial charge in [-0.1, -0.05) is 36.4 Å². The van der Waals surface area contributed by atoms with E-state index in [-0.39, 0.29) is 18.6 Å². The number of ether oxygens (including phenoxy) is 1. The third kappa shape index (κ3) is 6.64. The number of hydrogen-bond acceptors (Lipinski definition) is 7. The van der Waals surface area contributed by atoms with Crippen molar-refractivity contribution in [2.75, 3.05) is 45.9 Å².